The van der Waals surface area contributed by atoms with Crippen LogP contribution in [-0.4, -0.2) is 55.6 Å². The number of benzene rings is 2. The highest BCUT2D eigenvalue weighted by Gasteiger charge is 2.15. The Hall–Kier alpha value is -4.38. The number of nitrogens with zero attached hydrogens (tertiary/aromatic N) is 5. The molecule has 0 spiro atoms. The molecular weight excluding hydrogens is 480 g/mol. The van der Waals surface area contributed by atoms with Crippen molar-refractivity contribution in [3.63, 3.8) is 0 Å². The van der Waals surface area contributed by atoms with Crippen LogP contribution >= 0.6 is 11.8 Å². The van der Waals surface area contributed by atoms with E-state index < -0.39 is 5.97 Å². The van der Waals surface area contributed by atoms with Gasteiger partial charge in [0.05, 0.1) is 30.7 Å². The first-order valence-electron chi connectivity index (χ1n) is 11.1. The summed E-state index contributed by atoms with van der Waals surface area (Å²) in [6.07, 6.45) is 3.65. The molecule has 0 fully saturated rings. The molecule has 0 aliphatic carbocycles. The molecule has 0 atom stereocenters. The minimum atomic E-state index is -0.395. The molecule has 0 saturated heterocycles. The molecule has 0 unspecified atom stereocenters. The molecule has 1 N–H and O–H groups in total. The van der Waals surface area contributed by atoms with Gasteiger partial charge in [-0.25, -0.2) is 9.31 Å². The summed E-state index contributed by atoms with van der Waals surface area (Å²) in [4.78, 5) is 24.2. The number of thioether (sulfide) groups is 1. The summed E-state index contributed by atoms with van der Waals surface area (Å²) in [5.41, 5.74) is 4.22. The molecule has 0 radical (unpaired) electrons. The lowest BCUT2D eigenvalue weighted by atomic mass is 10.1. The predicted molar refractivity (Wildman–Crippen MR) is 135 cm³/mol. The molecular formula is C25H22N6O4S. The molecule has 0 aliphatic rings. The Morgan fingerprint density at radius 3 is 2.53 bits per heavy atom. The summed E-state index contributed by atoms with van der Waals surface area (Å²) in [6, 6.07) is 16.2. The number of hydrogen-bond acceptors (Lipinski definition) is 8. The molecule has 3 heterocycles. The first kappa shape index (κ1) is 23.4. The summed E-state index contributed by atoms with van der Waals surface area (Å²) in [5.74, 6) is 0.324. The van der Waals surface area contributed by atoms with Gasteiger partial charge in [0, 0.05) is 23.6 Å². The number of nitrogens with one attached hydrogen (secondary N) is 1. The smallest absolute Gasteiger partial charge is 0.338 e. The normalized spacial score (nSPS) is 11.1. The van der Waals surface area contributed by atoms with E-state index in [4.69, 9.17) is 9.47 Å². The van der Waals surface area contributed by atoms with Crippen molar-refractivity contribution in [2.24, 2.45) is 0 Å². The second-order valence-electron chi connectivity index (χ2n) is 7.70. The fourth-order valence-corrected chi connectivity index (χ4v) is 4.34. The highest BCUT2D eigenvalue weighted by molar-refractivity contribution is 7.99. The molecule has 3 aromatic heterocycles. The Labute approximate surface area is 210 Å². The van der Waals surface area contributed by atoms with Gasteiger partial charge in [0.2, 0.25) is 5.91 Å². The quantitative estimate of drug-likeness (QED) is 0.251. The number of hydrogen-bond donors (Lipinski definition) is 1. The number of ether oxygens (including phenoxy) is 2. The lowest BCUT2D eigenvalue weighted by Gasteiger charge is -2.06. The van der Waals surface area contributed by atoms with Gasteiger partial charge in [0.15, 0.2) is 10.8 Å². The van der Waals surface area contributed by atoms with Gasteiger partial charge in [0.1, 0.15) is 11.3 Å². The molecule has 10 nitrogen and oxygen atoms in total. The second kappa shape index (κ2) is 10.1. The van der Waals surface area contributed by atoms with Crippen LogP contribution < -0.4 is 10.1 Å². The average molecular weight is 503 g/mol. The molecule has 1 amide bonds. The fourth-order valence-electron chi connectivity index (χ4n) is 3.62. The highest BCUT2D eigenvalue weighted by atomic mass is 32.2. The van der Waals surface area contributed by atoms with E-state index in [2.05, 4.69) is 20.6 Å². The molecule has 0 aliphatic heterocycles. The third-order valence-electron chi connectivity index (χ3n) is 5.38. The maximum atomic E-state index is 12.5. The Bertz CT molecular complexity index is 1540. The van der Waals surface area contributed by atoms with Crippen molar-refractivity contribution in [2.75, 3.05) is 24.8 Å². The van der Waals surface area contributed by atoms with Crippen molar-refractivity contribution < 1.29 is 19.1 Å². The summed E-state index contributed by atoms with van der Waals surface area (Å²) in [7, 11) is 1.63. The van der Waals surface area contributed by atoms with Crippen LogP contribution in [0.15, 0.2) is 72.1 Å². The van der Waals surface area contributed by atoms with Crippen LogP contribution in [0.5, 0.6) is 5.75 Å². The first-order valence-corrected chi connectivity index (χ1v) is 12.1. The molecule has 182 valence electrons. The van der Waals surface area contributed by atoms with Crippen LogP contribution in [-0.2, 0) is 9.53 Å². The standard InChI is InChI=1S/C25H22N6O4S/c1-3-35-24(33)17-4-8-18(9-5-17)26-22(32)15-36-25-28-27-23-21-14-20(29-31(21)13-12-30(23)25)16-6-10-19(34-2)11-7-16/h4-14H,3,15H2,1-2H3,(H,26,32). The van der Waals surface area contributed by atoms with Crippen molar-refractivity contribution in [1.29, 1.82) is 0 Å². The van der Waals surface area contributed by atoms with Crippen LogP contribution in [0.3, 0.4) is 0 Å². The summed E-state index contributed by atoms with van der Waals surface area (Å²) < 4.78 is 13.8. The zero-order valence-electron chi connectivity index (χ0n) is 19.5. The Morgan fingerprint density at radius 1 is 1.03 bits per heavy atom. The maximum absolute atomic E-state index is 12.5. The number of amides is 1. The number of esters is 1. The molecule has 5 aromatic rings. The number of carbonyl (C=O) groups is 2. The Kier molecular flexibility index (Phi) is 6.54. The van der Waals surface area contributed by atoms with E-state index in [9.17, 15) is 9.59 Å². The largest absolute Gasteiger partial charge is 0.497 e. The molecule has 5 rings (SSSR count). The summed E-state index contributed by atoms with van der Waals surface area (Å²) in [6.45, 7) is 2.06. The molecule has 36 heavy (non-hydrogen) atoms. The number of fused-ring (bicyclic) bond motifs is 3. The van der Waals surface area contributed by atoms with Gasteiger partial charge in [0.25, 0.3) is 0 Å². The van der Waals surface area contributed by atoms with E-state index in [-0.39, 0.29) is 11.7 Å². The van der Waals surface area contributed by atoms with Crippen LogP contribution in [0, 0.1) is 0 Å². The van der Waals surface area contributed by atoms with Gasteiger partial charge in [-0.05, 0) is 61.5 Å². The van der Waals surface area contributed by atoms with E-state index in [0.29, 0.717) is 28.7 Å². The molecule has 0 saturated carbocycles. The topological polar surface area (TPSA) is 112 Å². The van der Waals surface area contributed by atoms with Crippen LogP contribution in [0.4, 0.5) is 5.69 Å². The van der Waals surface area contributed by atoms with Crippen LogP contribution in [0.1, 0.15) is 17.3 Å². The van der Waals surface area contributed by atoms with Crippen molar-refractivity contribution in [2.45, 2.75) is 12.1 Å². The number of anilines is 1. The SMILES string of the molecule is CCOC(=O)c1ccc(NC(=O)CSc2nnc3c4cc(-c5ccc(OC)cc5)nn4ccn23)cc1. The van der Waals surface area contributed by atoms with Gasteiger partial charge in [-0.1, -0.05) is 11.8 Å². The monoisotopic (exact) mass is 502 g/mol. The number of aromatic nitrogens is 5. The van der Waals surface area contributed by atoms with E-state index in [1.54, 1.807) is 42.8 Å². The zero-order chi connectivity index (χ0) is 25.1. The predicted octanol–water partition coefficient (Wildman–Crippen LogP) is 3.96. The van der Waals surface area contributed by atoms with Gasteiger partial charge in [-0.3, -0.25) is 9.20 Å². The lowest BCUT2D eigenvalue weighted by molar-refractivity contribution is -0.113. The van der Waals surface area contributed by atoms with Gasteiger partial charge in [-0.15, -0.1) is 10.2 Å². The van der Waals surface area contributed by atoms with E-state index in [1.807, 2.05) is 47.1 Å². The second-order valence-corrected chi connectivity index (χ2v) is 8.64. The zero-order valence-corrected chi connectivity index (χ0v) is 20.4. The van der Waals surface area contributed by atoms with Gasteiger partial charge in [-0.2, -0.15) is 5.10 Å². The lowest BCUT2D eigenvalue weighted by Crippen LogP contribution is -2.14. The average Bonchev–Trinajstić information content (AvgIpc) is 3.52. The van der Waals surface area contributed by atoms with Crippen molar-refractivity contribution in [3.8, 4) is 17.0 Å². The molecule has 2 aromatic carbocycles. The molecule has 0 bridgehead atoms. The van der Waals surface area contributed by atoms with Crippen molar-refractivity contribution >= 4 is 40.5 Å². The van der Waals surface area contributed by atoms with E-state index >= 15 is 0 Å². The summed E-state index contributed by atoms with van der Waals surface area (Å²) >= 11 is 1.27. The maximum Gasteiger partial charge on any atom is 0.338 e. The van der Waals surface area contributed by atoms with Gasteiger partial charge >= 0.3 is 5.97 Å². The third kappa shape index (κ3) is 4.73. The minimum absolute atomic E-state index is 0.141. The minimum Gasteiger partial charge on any atom is -0.497 e. The van der Waals surface area contributed by atoms with Crippen LogP contribution in [0.2, 0.25) is 0 Å². The molecule has 11 heteroatoms. The number of carbonyl (C=O) groups excluding carboxylic acids is 2. The van der Waals surface area contributed by atoms with Crippen LogP contribution in [0.25, 0.3) is 22.4 Å². The van der Waals surface area contributed by atoms with E-state index in [1.165, 1.54) is 11.8 Å². The Morgan fingerprint density at radius 2 is 1.81 bits per heavy atom. The van der Waals surface area contributed by atoms with Crippen molar-refractivity contribution in [1.82, 2.24) is 24.2 Å². The number of rotatable bonds is 8. The van der Waals surface area contributed by atoms with Gasteiger partial charge < -0.3 is 14.8 Å². The fraction of sp³-hybridized carbons (Fsp3) is 0.160. The van der Waals surface area contributed by atoms with Crippen molar-refractivity contribution in [3.05, 3.63) is 72.6 Å². The summed E-state index contributed by atoms with van der Waals surface area (Å²) in [5, 5.41) is 16.6. The highest BCUT2D eigenvalue weighted by Crippen LogP contribution is 2.25. The Balaban J connectivity index is 1.28. The van der Waals surface area contributed by atoms with E-state index in [0.717, 1.165) is 22.5 Å². The third-order valence-corrected chi connectivity index (χ3v) is 6.33. The first-order chi connectivity index (χ1) is 17.6. The number of methoxy groups -OCH3 is 1.